The number of amides is 1. The lowest BCUT2D eigenvalue weighted by molar-refractivity contribution is 0.0692. The fourth-order valence-corrected chi connectivity index (χ4v) is 2.62. The monoisotopic (exact) mass is 373 g/mol. The van der Waals surface area contributed by atoms with E-state index in [9.17, 15) is 9.59 Å². The number of nitrogens with zero attached hydrogens (tertiary/aromatic N) is 4. The Morgan fingerprint density at radius 1 is 1.19 bits per heavy atom. The fraction of sp³-hybridized carbons (Fsp3) is 0.176. The average Bonchev–Trinajstić information content (AvgIpc) is 3.13. The van der Waals surface area contributed by atoms with Gasteiger partial charge in [0.1, 0.15) is 10.6 Å². The van der Waals surface area contributed by atoms with Crippen molar-refractivity contribution in [1.82, 2.24) is 19.6 Å². The van der Waals surface area contributed by atoms with Crippen molar-refractivity contribution in [3.05, 3.63) is 64.1 Å². The van der Waals surface area contributed by atoms with Gasteiger partial charge in [-0.15, -0.1) is 0 Å². The van der Waals surface area contributed by atoms with Crippen LogP contribution in [0.5, 0.6) is 0 Å². The molecule has 0 unspecified atom stereocenters. The van der Waals surface area contributed by atoms with Crippen molar-refractivity contribution in [1.29, 1.82) is 0 Å². The molecule has 3 rings (SSSR count). The molecule has 8 nitrogen and oxygen atoms in total. The Morgan fingerprint density at radius 2 is 1.88 bits per heavy atom. The number of aromatic nitrogens is 4. The van der Waals surface area contributed by atoms with Crippen molar-refractivity contribution >= 4 is 29.3 Å². The summed E-state index contributed by atoms with van der Waals surface area (Å²) in [5.41, 5.74) is 1.79. The minimum absolute atomic E-state index is 0.144. The van der Waals surface area contributed by atoms with Crippen molar-refractivity contribution in [2.75, 3.05) is 5.32 Å². The lowest BCUT2D eigenvalue weighted by Crippen LogP contribution is -2.17. The van der Waals surface area contributed by atoms with Crippen LogP contribution in [0.4, 0.5) is 5.82 Å². The number of aromatic carboxylic acids is 1. The van der Waals surface area contributed by atoms with E-state index in [0.29, 0.717) is 6.54 Å². The van der Waals surface area contributed by atoms with Gasteiger partial charge in [0, 0.05) is 19.4 Å². The first-order valence-electron chi connectivity index (χ1n) is 7.70. The van der Waals surface area contributed by atoms with Gasteiger partial charge in [0.25, 0.3) is 5.91 Å². The second kappa shape index (κ2) is 7.01. The predicted molar refractivity (Wildman–Crippen MR) is 95.6 cm³/mol. The van der Waals surface area contributed by atoms with Gasteiger partial charge in [-0.2, -0.15) is 10.2 Å². The van der Waals surface area contributed by atoms with Crippen LogP contribution in [0.3, 0.4) is 0 Å². The van der Waals surface area contributed by atoms with E-state index in [2.05, 4.69) is 15.5 Å². The van der Waals surface area contributed by atoms with Gasteiger partial charge in [-0.3, -0.25) is 14.2 Å². The third-order valence-corrected chi connectivity index (χ3v) is 3.97. The molecule has 0 saturated heterocycles. The third-order valence-electron chi connectivity index (χ3n) is 3.69. The Hall–Kier alpha value is -3.13. The number of carbonyl (C=O) groups is 2. The van der Waals surface area contributed by atoms with Gasteiger partial charge >= 0.3 is 5.97 Å². The van der Waals surface area contributed by atoms with Gasteiger partial charge in [-0.25, -0.2) is 4.79 Å². The van der Waals surface area contributed by atoms with Crippen molar-refractivity contribution < 1.29 is 14.7 Å². The SMILES string of the molecule is Cc1ccc(Cn2cc(Cl)c(NC(=O)c3nn(C)cc3C(=O)O)n2)cc1. The van der Waals surface area contributed by atoms with Crippen LogP contribution >= 0.6 is 11.6 Å². The van der Waals surface area contributed by atoms with E-state index in [1.807, 2.05) is 31.2 Å². The van der Waals surface area contributed by atoms with E-state index in [4.69, 9.17) is 16.7 Å². The summed E-state index contributed by atoms with van der Waals surface area (Å²) < 4.78 is 2.86. The van der Waals surface area contributed by atoms with E-state index in [-0.39, 0.29) is 22.1 Å². The summed E-state index contributed by atoms with van der Waals surface area (Å²) in [7, 11) is 1.53. The standard InChI is InChI=1S/C17H16ClN5O3/c1-10-3-5-11(6-4-10)7-23-9-13(18)15(21-23)19-16(24)14-12(17(25)26)8-22(2)20-14/h3-6,8-9H,7H2,1-2H3,(H,25,26)(H,19,21,24). The maximum Gasteiger partial charge on any atom is 0.339 e. The molecule has 0 atom stereocenters. The Morgan fingerprint density at radius 3 is 2.54 bits per heavy atom. The van der Waals surface area contributed by atoms with Crippen LogP contribution in [0, 0.1) is 6.92 Å². The summed E-state index contributed by atoms with van der Waals surface area (Å²) in [5, 5.41) is 20.0. The number of aryl methyl sites for hydroxylation is 2. The van der Waals surface area contributed by atoms with Crippen LogP contribution < -0.4 is 5.32 Å². The number of anilines is 1. The maximum atomic E-state index is 12.4. The topological polar surface area (TPSA) is 102 Å². The van der Waals surface area contributed by atoms with Gasteiger partial charge in [0.15, 0.2) is 11.5 Å². The highest BCUT2D eigenvalue weighted by Gasteiger charge is 2.22. The molecule has 134 valence electrons. The Kier molecular flexibility index (Phi) is 4.77. The quantitative estimate of drug-likeness (QED) is 0.715. The molecule has 2 N–H and O–H groups in total. The predicted octanol–water partition coefficient (Wildman–Crippen LogP) is 2.58. The molecular formula is C17H16ClN5O3. The number of hydrogen-bond acceptors (Lipinski definition) is 4. The van der Waals surface area contributed by atoms with Gasteiger partial charge in [0.2, 0.25) is 0 Å². The first kappa shape index (κ1) is 17.7. The summed E-state index contributed by atoms with van der Waals surface area (Å²) in [6.07, 6.45) is 2.85. The van der Waals surface area contributed by atoms with Crippen LogP contribution in [-0.2, 0) is 13.6 Å². The lowest BCUT2D eigenvalue weighted by atomic mass is 10.1. The zero-order valence-electron chi connectivity index (χ0n) is 14.1. The number of halogens is 1. The van der Waals surface area contributed by atoms with Crippen LogP contribution in [0.1, 0.15) is 32.0 Å². The molecule has 0 aliphatic heterocycles. The summed E-state index contributed by atoms with van der Waals surface area (Å²) in [5.74, 6) is -1.78. The third kappa shape index (κ3) is 3.75. The van der Waals surface area contributed by atoms with Crippen molar-refractivity contribution in [3.63, 3.8) is 0 Å². The number of nitrogens with one attached hydrogen (secondary N) is 1. The minimum atomic E-state index is -1.24. The van der Waals surface area contributed by atoms with Crippen LogP contribution in [0.25, 0.3) is 0 Å². The fourth-order valence-electron chi connectivity index (χ4n) is 2.42. The normalized spacial score (nSPS) is 10.7. The highest BCUT2D eigenvalue weighted by atomic mass is 35.5. The Labute approximate surface area is 154 Å². The van der Waals surface area contributed by atoms with E-state index in [1.54, 1.807) is 10.9 Å². The molecule has 1 amide bonds. The molecule has 0 aliphatic carbocycles. The van der Waals surface area contributed by atoms with E-state index in [1.165, 1.54) is 17.9 Å². The van der Waals surface area contributed by atoms with E-state index < -0.39 is 11.9 Å². The molecule has 2 heterocycles. The second-order valence-electron chi connectivity index (χ2n) is 5.83. The zero-order chi connectivity index (χ0) is 18.8. The van der Waals surface area contributed by atoms with Crippen molar-refractivity contribution in [2.45, 2.75) is 13.5 Å². The molecule has 1 aromatic carbocycles. The zero-order valence-corrected chi connectivity index (χ0v) is 14.9. The van der Waals surface area contributed by atoms with Gasteiger partial charge < -0.3 is 10.4 Å². The molecule has 3 aromatic rings. The second-order valence-corrected chi connectivity index (χ2v) is 6.24. The van der Waals surface area contributed by atoms with Gasteiger partial charge in [-0.05, 0) is 12.5 Å². The minimum Gasteiger partial charge on any atom is -0.478 e. The van der Waals surface area contributed by atoms with Crippen molar-refractivity contribution in [2.24, 2.45) is 7.05 Å². The highest BCUT2D eigenvalue weighted by molar-refractivity contribution is 6.33. The number of benzene rings is 1. The van der Waals surface area contributed by atoms with Crippen molar-refractivity contribution in [3.8, 4) is 0 Å². The largest absolute Gasteiger partial charge is 0.478 e. The van der Waals surface area contributed by atoms with Crippen LogP contribution in [-0.4, -0.2) is 36.5 Å². The molecule has 0 saturated carbocycles. The Bertz CT molecular complexity index is 975. The highest BCUT2D eigenvalue weighted by Crippen LogP contribution is 2.21. The first-order chi connectivity index (χ1) is 12.3. The number of carboxylic acid groups (broad SMARTS) is 1. The Balaban J connectivity index is 1.78. The summed E-state index contributed by atoms with van der Waals surface area (Å²) in [6.45, 7) is 2.49. The molecule has 0 radical (unpaired) electrons. The molecule has 26 heavy (non-hydrogen) atoms. The number of carbonyl (C=O) groups excluding carboxylic acids is 1. The van der Waals surface area contributed by atoms with E-state index >= 15 is 0 Å². The molecule has 0 aliphatic rings. The molecule has 9 heteroatoms. The first-order valence-corrected chi connectivity index (χ1v) is 8.08. The van der Waals surface area contributed by atoms with Gasteiger partial charge in [0.05, 0.1) is 6.54 Å². The molecule has 2 aromatic heterocycles. The molecule has 0 fully saturated rings. The molecule has 0 bridgehead atoms. The van der Waals surface area contributed by atoms with Crippen LogP contribution in [0.2, 0.25) is 5.02 Å². The van der Waals surface area contributed by atoms with Gasteiger partial charge in [-0.1, -0.05) is 41.4 Å². The number of hydrogen-bond donors (Lipinski definition) is 2. The smallest absolute Gasteiger partial charge is 0.339 e. The number of rotatable bonds is 5. The average molecular weight is 374 g/mol. The summed E-state index contributed by atoms with van der Waals surface area (Å²) in [4.78, 5) is 23.6. The molecule has 0 spiro atoms. The molecular weight excluding hydrogens is 358 g/mol. The summed E-state index contributed by atoms with van der Waals surface area (Å²) in [6, 6.07) is 7.96. The number of carboxylic acids is 1. The maximum absolute atomic E-state index is 12.4. The lowest BCUT2D eigenvalue weighted by Gasteiger charge is -2.03. The van der Waals surface area contributed by atoms with Crippen LogP contribution in [0.15, 0.2) is 36.7 Å². The van der Waals surface area contributed by atoms with E-state index in [0.717, 1.165) is 11.1 Å². The summed E-state index contributed by atoms with van der Waals surface area (Å²) >= 11 is 6.14.